The zero-order valence-corrected chi connectivity index (χ0v) is 15.2. The molecule has 0 saturated heterocycles. The molecule has 0 fully saturated rings. The van der Waals surface area contributed by atoms with Crippen molar-refractivity contribution in [2.75, 3.05) is 10.6 Å². The number of hydrogen-bond acceptors (Lipinski definition) is 2. The number of fused-ring (bicyclic) bond motifs is 1. The van der Waals surface area contributed by atoms with Crippen LogP contribution in [0.3, 0.4) is 0 Å². The van der Waals surface area contributed by atoms with Gasteiger partial charge < -0.3 is 15.0 Å². The van der Waals surface area contributed by atoms with E-state index < -0.39 is 29.2 Å². The molecule has 5 nitrogen and oxygen atoms in total. The van der Waals surface area contributed by atoms with E-state index in [1.165, 1.54) is 0 Å². The molecule has 2 amide bonds. The summed E-state index contributed by atoms with van der Waals surface area (Å²) in [4.78, 5) is 16.6. The number of aryl methyl sites for hydroxylation is 1. The Balaban J connectivity index is 1.47. The van der Waals surface area contributed by atoms with Gasteiger partial charge in [0, 0.05) is 23.6 Å². The van der Waals surface area contributed by atoms with Crippen LogP contribution in [0.4, 0.5) is 29.3 Å². The molecule has 2 N–H and O–H groups in total. The van der Waals surface area contributed by atoms with Gasteiger partial charge >= 0.3 is 6.03 Å². The van der Waals surface area contributed by atoms with Gasteiger partial charge in [-0.3, -0.25) is 0 Å². The van der Waals surface area contributed by atoms with Gasteiger partial charge in [-0.15, -0.1) is 0 Å². The number of urea groups is 1. The highest BCUT2D eigenvalue weighted by molar-refractivity contribution is 5.99. The van der Waals surface area contributed by atoms with E-state index in [2.05, 4.69) is 15.6 Å². The lowest BCUT2D eigenvalue weighted by Crippen LogP contribution is -2.20. The number of amides is 2. The van der Waals surface area contributed by atoms with Crippen LogP contribution in [0, 0.1) is 24.4 Å². The Labute approximate surface area is 163 Å². The van der Waals surface area contributed by atoms with Crippen molar-refractivity contribution in [3.05, 3.63) is 83.9 Å². The normalized spacial score (nSPS) is 10.9. The number of imidazole rings is 1. The van der Waals surface area contributed by atoms with Gasteiger partial charge in [-0.05, 0) is 48.9 Å². The second-order valence-electron chi connectivity index (χ2n) is 6.48. The number of anilines is 2. The van der Waals surface area contributed by atoms with Crippen molar-refractivity contribution in [3.63, 3.8) is 0 Å². The molecule has 29 heavy (non-hydrogen) atoms. The molecule has 0 aliphatic rings. The van der Waals surface area contributed by atoms with Crippen LogP contribution in [-0.4, -0.2) is 15.4 Å². The van der Waals surface area contributed by atoms with Gasteiger partial charge in [-0.2, -0.15) is 0 Å². The number of pyridine rings is 1. The van der Waals surface area contributed by atoms with Gasteiger partial charge in [0.2, 0.25) is 0 Å². The Bertz CT molecular complexity index is 1220. The first-order chi connectivity index (χ1) is 13.9. The Morgan fingerprint density at radius 1 is 0.966 bits per heavy atom. The topological polar surface area (TPSA) is 58.4 Å². The molecule has 0 unspecified atom stereocenters. The monoisotopic (exact) mass is 396 g/mol. The highest BCUT2D eigenvalue weighted by Crippen LogP contribution is 2.23. The number of carbonyl (C=O) groups excluding carboxylic acids is 1. The molecule has 2 aromatic carbocycles. The van der Waals surface area contributed by atoms with E-state index >= 15 is 0 Å². The summed E-state index contributed by atoms with van der Waals surface area (Å²) in [5, 5.41) is 4.65. The number of hydrogen-bond donors (Lipinski definition) is 2. The van der Waals surface area contributed by atoms with Crippen molar-refractivity contribution in [3.8, 4) is 11.3 Å². The molecular formula is C21H15F3N4O. The first-order valence-corrected chi connectivity index (χ1v) is 8.68. The molecule has 4 aromatic rings. The lowest BCUT2D eigenvalue weighted by Gasteiger charge is -2.09. The average molecular weight is 396 g/mol. The third kappa shape index (κ3) is 3.77. The summed E-state index contributed by atoms with van der Waals surface area (Å²) in [5.74, 6) is -4.43. The summed E-state index contributed by atoms with van der Waals surface area (Å²) in [6.07, 6.45) is 3.83. The largest absolute Gasteiger partial charge is 0.323 e. The second kappa shape index (κ2) is 7.31. The number of carbonyl (C=O) groups is 1. The fourth-order valence-corrected chi connectivity index (χ4v) is 2.85. The summed E-state index contributed by atoms with van der Waals surface area (Å²) in [6.45, 7) is 1.99. The number of aromatic nitrogens is 2. The molecule has 0 aliphatic carbocycles. The highest BCUT2D eigenvalue weighted by atomic mass is 19.2. The van der Waals surface area contributed by atoms with E-state index in [1.807, 2.05) is 35.9 Å². The third-order valence-corrected chi connectivity index (χ3v) is 4.34. The summed E-state index contributed by atoms with van der Waals surface area (Å²) in [7, 11) is 0. The Hall–Kier alpha value is -3.81. The zero-order chi connectivity index (χ0) is 20.5. The smallest absolute Gasteiger partial charge is 0.308 e. The molecule has 0 bridgehead atoms. The van der Waals surface area contributed by atoms with E-state index in [0.717, 1.165) is 34.6 Å². The molecular weight excluding hydrogens is 381 g/mol. The standard InChI is InChI=1S/C21H15F3N4O/c1-12-8-9-28-11-17(26-18(28)10-12)13-2-4-14(5-3-13)25-21(29)27-16-7-6-15(22)19(23)20(16)24/h2-11H,1H3,(H2,25,27,29). The van der Waals surface area contributed by atoms with Crippen LogP contribution >= 0.6 is 0 Å². The Morgan fingerprint density at radius 2 is 1.72 bits per heavy atom. The summed E-state index contributed by atoms with van der Waals surface area (Å²) in [6, 6.07) is 11.7. The third-order valence-electron chi connectivity index (χ3n) is 4.34. The molecule has 2 aromatic heterocycles. The molecule has 2 heterocycles. The lowest BCUT2D eigenvalue weighted by atomic mass is 10.1. The molecule has 0 saturated carbocycles. The van der Waals surface area contributed by atoms with Gasteiger partial charge in [0.05, 0.1) is 11.4 Å². The van der Waals surface area contributed by atoms with Gasteiger partial charge in [0.1, 0.15) is 5.65 Å². The van der Waals surface area contributed by atoms with Gasteiger partial charge in [0.25, 0.3) is 0 Å². The van der Waals surface area contributed by atoms with Crippen LogP contribution in [-0.2, 0) is 0 Å². The van der Waals surface area contributed by atoms with Crippen molar-refractivity contribution < 1.29 is 18.0 Å². The number of nitrogens with zero attached hydrogens (tertiary/aromatic N) is 2. The first-order valence-electron chi connectivity index (χ1n) is 8.68. The minimum Gasteiger partial charge on any atom is -0.308 e. The SMILES string of the molecule is Cc1ccn2cc(-c3ccc(NC(=O)Nc4ccc(F)c(F)c4F)cc3)nc2c1. The molecule has 8 heteroatoms. The number of nitrogens with one attached hydrogen (secondary N) is 2. The fraction of sp³-hybridized carbons (Fsp3) is 0.0476. The Morgan fingerprint density at radius 3 is 2.48 bits per heavy atom. The van der Waals surface area contributed by atoms with E-state index in [-0.39, 0.29) is 0 Å². The summed E-state index contributed by atoms with van der Waals surface area (Å²) in [5.41, 5.74) is 3.54. The number of rotatable bonds is 3. The maximum atomic E-state index is 13.6. The van der Waals surface area contributed by atoms with Crippen molar-refractivity contribution in [2.45, 2.75) is 6.92 Å². The van der Waals surface area contributed by atoms with Crippen molar-refractivity contribution in [1.82, 2.24) is 9.38 Å². The Kier molecular flexibility index (Phi) is 4.67. The molecule has 0 atom stereocenters. The molecule has 0 aliphatic heterocycles. The van der Waals surface area contributed by atoms with Crippen LogP contribution in [0.15, 0.2) is 60.9 Å². The zero-order valence-electron chi connectivity index (χ0n) is 15.2. The van der Waals surface area contributed by atoms with Gasteiger partial charge in [-0.1, -0.05) is 12.1 Å². The van der Waals surface area contributed by atoms with Crippen LogP contribution < -0.4 is 10.6 Å². The maximum Gasteiger partial charge on any atom is 0.323 e. The average Bonchev–Trinajstić information content (AvgIpc) is 3.12. The van der Waals surface area contributed by atoms with Gasteiger partial charge in [-0.25, -0.2) is 22.9 Å². The molecule has 4 rings (SSSR count). The summed E-state index contributed by atoms with van der Waals surface area (Å²) < 4.78 is 41.8. The first kappa shape index (κ1) is 18.5. The van der Waals surface area contributed by atoms with E-state index in [0.29, 0.717) is 5.69 Å². The lowest BCUT2D eigenvalue weighted by molar-refractivity contribution is 0.262. The van der Waals surface area contributed by atoms with E-state index in [4.69, 9.17) is 0 Å². The predicted molar refractivity (Wildman–Crippen MR) is 104 cm³/mol. The quantitative estimate of drug-likeness (QED) is 0.458. The van der Waals surface area contributed by atoms with Gasteiger partial charge in [0.15, 0.2) is 17.5 Å². The van der Waals surface area contributed by atoms with Crippen molar-refractivity contribution in [2.24, 2.45) is 0 Å². The minimum absolute atomic E-state index is 0.439. The van der Waals surface area contributed by atoms with E-state index in [9.17, 15) is 18.0 Å². The summed E-state index contributed by atoms with van der Waals surface area (Å²) >= 11 is 0. The number of benzene rings is 2. The van der Waals surface area contributed by atoms with Crippen molar-refractivity contribution >= 4 is 23.1 Å². The molecule has 0 spiro atoms. The maximum absolute atomic E-state index is 13.6. The van der Waals surface area contributed by atoms with Crippen LogP contribution in [0.25, 0.3) is 16.9 Å². The van der Waals surface area contributed by atoms with Crippen LogP contribution in [0.5, 0.6) is 0 Å². The highest BCUT2D eigenvalue weighted by Gasteiger charge is 2.15. The number of halogens is 3. The van der Waals surface area contributed by atoms with Crippen LogP contribution in [0.1, 0.15) is 5.56 Å². The predicted octanol–water partition coefficient (Wildman–Crippen LogP) is 5.37. The fourth-order valence-electron chi connectivity index (χ4n) is 2.85. The molecule has 146 valence electrons. The van der Waals surface area contributed by atoms with E-state index in [1.54, 1.807) is 24.3 Å². The minimum atomic E-state index is -1.64. The second-order valence-corrected chi connectivity index (χ2v) is 6.48. The van der Waals surface area contributed by atoms with Crippen LogP contribution in [0.2, 0.25) is 0 Å². The molecule has 0 radical (unpaired) electrons. The van der Waals surface area contributed by atoms with Crippen molar-refractivity contribution in [1.29, 1.82) is 0 Å².